The summed E-state index contributed by atoms with van der Waals surface area (Å²) in [5.74, 6) is -0.489. The lowest BCUT2D eigenvalue weighted by molar-refractivity contribution is -0.385. The first kappa shape index (κ1) is 18.9. The fraction of sp³-hybridized carbons (Fsp3) is 0.222. The maximum atomic E-state index is 12.1. The molecule has 0 aliphatic rings. The molecular weight excluding hydrogens is 336 g/mol. The smallest absolute Gasteiger partial charge is 0.274 e. The highest BCUT2D eigenvalue weighted by molar-refractivity contribution is 5.98. The largest absolute Gasteiger partial charge is 0.376 e. The SMILES string of the molecule is Cc1c(NCC(=O)Nc2cccc(C(=O)N(C)C)c2)cccc1[N+](=O)[O-]. The molecule has 0 fully saturated rings. The van der Waals surface area contributed by atoms with Gasteiger partial charge >= 0.3 is 0 Å². The zero-order chi connectivity index (χ0) is 19.3. The Labute approximate surface area is 151 Å². The number of rotatable bonds is 6. The van der Waals surface area contributed by atoms with Gasteiger partial charge in [0, 0.05) is 42.7 Å². The first-order valence-corrected chi connectivity index (χ1v) is 7.89. The summed E-state index contributed by atoms with van der Waals surface area (Å²) in [4.78, 5) is 36.0. The summed E-state index contributed by atoms with van der Waals surface area (Å²) >= 11 is 0. The molecule has 0 heterocycles. The molecule has 0 aliphatic carbocycles. The van der Waals surface area contributed by atoms with Crippen molar-refractivity contribution in [3.8, 4) is 0 Å². The molecule has 2 amide bonds. The van der Waals surface area contributed by atoms with Crippen molar-refractivity contribution >= 4 is 28.9 Å². The molecule has 2 aromatic rings. The Morgan fingerprint density at radius 2 is 1.85 bits per heavy atom. The third-order valence-electron chi connectivity index (χ3n) is 3.74. The van der Waals surface area contributed by atoms with Gasteiger partial charge in [-0.15, -0.1) is 0 Å². The Kier molecular flexibility index (Phi) is 5.90. The molecule has 2 aromatic carbocycles. The molecule has 8 nitrogen and oxygen atoms in total. The number of nitro groups is 1. The third kappa shape index (κ3) is 4.56. The Balaban J connectivity index is 2.02. The molecule has 0 aliphatic heterocycles. The monoisotopic (exact) mass is 356 g/mol. The van der Waals surface area contributed by atoms with E-state index in [0.717, 1.165) is 0 Å². The van der Waals surface area contributed by atoms with Gasteiger partial charge in [-0.1, -0.05) is 12.1 Å². The van der Waals surface area contributed by atoms with Crippen molar-refractivity contribution in [3.05, 3.63) is 63.7 Å². The molecule has 0 radical (unpaired) electrons. The van der Waals surface area contributed by atoms with Crippen molar-refractivity contribution in [1.29, 1.82) is 0 Å². The van der Waals surface area contributed by atoms with Crippen LogP contribution in [-0.2, 0) is 4.79 Å². The average molecular weight is 356 g/mol. The summed E-state index contributed by atoms with van der Waals surface area (Å²) < 4.78 is 0. The second-order valence-corrected chi connectivity index (χ2v) is 5.89. The summed E-state index contributed by atoms with van der Waals surface area (Å²) in [5, 5.41) is 16.5. The standard InChI is InChI=1S/C18H20N4O4/c1-12-15(8-5-9-16(12)22(25)26)19-11-17(23)20-14-7-4-6-13(10-14)18(24)21(2)3/h4-10,19H,11H2,1-3H3,(H,20,23). The van der Waals surface area contributed by atoms with E-state index >= 15 is 0 Å². The van der Waals surface area contributed by atoms with E-state index in [1.165, 1.54) is 11.0 Å². The minimum atomic E-state index is -0.464. The number of carbonyl (C=O) groups is 2. The van der Waals surface area contributed by atoms with Gasteiger partial charge in [-0.25, -0.2) is 0 Å². The Bertz CT molecular complexity index is 849. The van der Waals surface area contributed by atoms with E-state index in [1.54, 1.807) is 57.4 Å². The van der Waals surface area contributed by atoms with Crippen LogP contribution in [0.1, 0.15) is 15.9 Å². The van der Waals surface area contributed by atoms with E-state index in [9.17, 15) is 19.7 Å². The van der Waals surface area contributed by atoms with Crippen molar-refractivity contribution in [2.45, 2.75) is 6.92 Å². The number of hydrogen-bond acceptors (Lipinski definition) is 5. The Morgan fingerprint density at radius 1 is 1.15 bits per heavy atom. The molecule has 0 aromatic heterocycles. The zero-order valence-electron chi connectivity index (χ0n) is 14.8. The maximum absolute atomic E-state index is 12.1. The van der Waals surface area contributed by atoms with Crippen LogP contribution in [0.25, 0.3) is 0 Å². The molecule has 0 atom stereocenters. The van der Waals surface area contributed by atoms with Crippen LogP contribution in [0.4, 0.5) is 17.1 Å². The van der Waals surface area contributed by atoms with Crippen molar-refractivity contribution in [3.63, 3.8) is 0 Å². The molecule has 0 spiro atoms. The lowest BCUT2D eigenvalue weighted by Crippen LogP contribution is -2.23. The van der Waals surface area contributed by atoms with E-state index in [1.807, 2.05) is 0 Å². The molecule has 0 bridgehead atoms. The molecule has 136 valence electrons. The number of nitrogens with zero attached hydrogens (tertiary/aromatic N) is 2. The van der Waals surface area contributed by atoms with Gasteiger partial charge in [0.15, 0.2) is 0 Å². The summed E-state index contributed by atoms with van der Waals surface area (Å²) in [6.07, 6.45) is 0. The van der Waals surface area contributed by atoms with Gasteiger partial charge in [0.2, 0.25) is 5.91 Å². The highest BCUT2D eigenvalue weighted by Gasteiger charge is 2.14. The molecule has 2 rings (SSSR count). The number of amides is 2. The molecule has 0 saturated heterocycles. The minimum absolute atomic E-state index is 0.00897. The Hall–Kier alpha value is -3.42. The van der Waals surface area contributed by atoms with Crippen molar-refractivity contribution in [2.75, 3.05) is 31.3 Å². The summed E-state index contributed by atoms with van der Waals surface area (Å²) in [5.41, 5.74) is 1.94. The van der Waals surface area contributed by atoms with Crippen LogP contribution < -0.4 is 10.6 Å². The summed E-state index contributed by atoms with van der Waals surface area (Å²) in [6, 6.07) is 11.3. The van der Waals surface area contributed by atoms with Gasteiger partial charge in [-0.05, 0) is 31.2 Å². The predicted octanol–water partition coefficient (Wildman–Crippen LogP) is 2.66. The number of anilines is 2. The van der Waals surface area contributed by atoms with Crippen LogP contribution in [0.15, 0.2) is 42.5 Å². The third-order valence-corrected chi connectivity index (χ3v) is 3.74. The van der Waals surface area contributed by atoms with E-state index in [4.69, 9.17) is 0 Å². The van der Waals surface area contributed by atoms with Gasteiger partial charge in [-0.2, -0.15) is 0 Å². The number of nitrogens with one attached hydrogen (secondary N) is 2. The lowest BCUT2D eigenvalue weighted by atomic mass is 10.1. The van der Waals surface area contributed by atoms with Crippen LogP contribution in [0.3, 0.4) is 0 Å². The average Bonchev–Trinajstić information content (AvgIpc) is 2.60. The van der Waals surface area contributed by atoms with E-state index in [2.05, 4.69) is 10.6 Å². The fourth-order valence-electron chi connectivity index (χ4n) is 2.38. The molecule has 2 N–H and O–H groups in total. The molecular formula is C18H20N4O4. The molecule has 0 unspecified atom stereocenters. The Morgan fingerprint density at radius 3 is 2.50 bits per heavy atom. The second-order valence-electron chi connectivity index (χ2n) is 5.89. The van der Waals surface area contributed by atoms with Crippen molar-refractivity contribution in [1.82, 2.24) is 4.90 Å². The number of carbonyl (C=O) groups excluding carboxylic acids is 2. The number of hydrogen-bond donors (Lipinski definition) is 2. The minimum Gasteiger partial charge on any atom is -0.376 e. The zero-order valence-corrected chi connectivity index (χ0v) is 14.8. The first-order valence-electron chi connectivity index (χ1n) is 7.89. The highest BCUT2D eigenvalue weighted by atomic mass is 16.6. The predicted molar refractivity (Wildman–Crippen MR) is 99.4 cm³/mol. The van der Waals surface area contributed by atoms with Crippen LogP contribution >= 0.6 is 0 Å². The highest BCUT2D eigenvalue weighted by Crippen LogP contribution is 2.24. The van der Waals surface area contributed by atoms with Crippen LogP contribution in [0, 0.1) is 17.0 Å². The second kappa shape index (κ2) is 8.11. The molecule has 26 heavy (non-hydrogen) atoms. The lowest BCUT2D eigenvalue weighted by Gasteiger charge is -2.12. The normalized spacial score (nSPS) is 10.1. The van der Waals surface area contributed by atoms with Gasteiger partial charge in [0.05, 0.1) is 11.5 Å². The van der Waals surface area contributed by atoms with Gasteiger partial charge in [0.1, 0.15) is 0 Å². The van der Waals surface area contributed by atoms with Crippen LogP contribution in [0.2, 0.25) is 0 Å². The number of nitro benzene ring substituents is 1. The summed E-state index contributed by atoms with van der Waals surface area (Å²) in [7, 11) is 3.30. The first-order chi connectivity index (χ1) is 12.3. The van der Waals surface area contributed by atoms with Crippen molar-refractivity contribution < 1.29 is 14.5 Å². The number of benzene rings is 2. The van der Waals surface area contributed by atoms with E-state index in [-0.39, 0.29) is 24.0 Å². The van der Waals surface area contributed by atoms with Gasteiger partial charge in [0.25, 0.3) is 11.6 Å². The van der Waals surface area contributed by atoms with Gasteiger partial charge < -0.3 is 15.5 Å². The quantitative estimate of drug-likeness (QED) is 0.611. The van der Waals surface area contributed by atoms with Crippen molar-refractivity contribution in [2.24, 2.45) is 0 Å². The topological polar surface area (TPSA) is 105 Å². The molecule has 8 heteroatoms. The van der Waals surface area contributed by atoms with E-state index < -0.39 is 4.92 Å². The van der Waals surface area contributed by atoms with Crippen LogP contribution in [0.5, 0.6) is 0 Å². The maximum Gasteiger partial charge on any atom is 0.274 e. The van der Waals surface area contributed by atoms with E-state index in [0.29, 0.717) is 22.5 Å². The fourth-order valence-corrected chi connectivity index (χ4v) is 2.38. The summed E-state index contributed by atoms with van der Waals surface area (Å²) in [6.45, 7) is 1.56. The van der Waals surface area contributed by atoms with Crippen LogP contribution in [-0.4, -0.2) is 42.3 Å². The van der Waals surface area contributed by atoms with Gasteiger partial charge in [-0.3, -0.25) is 19.7 Å². The molecule has 0 saturated carbocycles.